The number of carbonyl (C=O) groups is 2. The smallest absolute Gasteiger partial charge is 0.310 e. The van der Waals surface area contributed by atoms with Gasteiger partial charge in [0.1, 0.15) is 5.69 Å². The van der Waals surface area contributed by atoms with E-state index in [1.54, 1.807) is 11.8 Å². The van der Waals surface area contributed by atoms with E-state index in [2.05, 4.69) is 19.9 Å². The van der Waals surface area contributed by atoms with Crippen LogP contribution >= 0.6 is 11.3 Å². The molecule has 1 saturated heterocycles. The monoisotopic (exact) mass is 547 g/mol. The van der Waals surface area contributed by atoms with Crippen LogP contribution in [0, 0.1) is 33.6 Å². The van der Waals surface area contributed by atoms with Crippen LogP contribution in [0.1, 0.15) is 48.0 Å². The molecule has 4 heterocycles. The second-order valence-corrected chi connectivity index (χ2v) is 11.0. The predicted octanol–water partition coefficient (Wildman–Crippen LogP) is 4.19. The molecule has 0 aliphatic carbocycles. The molecule has 3 aromatic heterocycles. The van der Waals surface area contributed by atoms with Crippen molar-refractivity contribution in [3.8, 4) is 16.9 Å². The molecule has 10 heteroatoms. The van der Waals surface area contributed by atoms with Crippen LogP contribution in [0.3, 0.4) is 0 Å². The van der Waals surface area contributed by atoms with Gasteiger partial charge >= 0.3 is 5.97 Å². The summed E-state index contributed by atoms with van der Waals surface area (Å²) >= 11 is 1.34. The summed E-state index contributed by atoms with van der Waals surface area (Å²) < 4.78 is 8.56. The average Bonchev–Trinajstić information content (AvgIpc) is 3.49. The van der Waals surface area contributed by atoms with Crippen LogP contribution in [-0.4, -0.2) is 55.6 Å². The van der Waals surface area contributed by atoms with Gasteiger partial charge in [0.25, 0.3) is 5.56 Å². The van der Waals surface area contributed by atoms with Crippen LogP contribution in [0.5, 0.6) is 0 Å². The summed E-state index contributed by atoms with van der Waals surface area (Å²) in [7, 11) is 0. The molecule has 0 spiro atoms. The third kappa shape index (κ3) is 5.01. The van der Waals surface area contributed by atoms with E-state index in [1.807, 2.05) is 42.1 Å². The molecule has 0 N–H and O–H groups in total. The van der Waals surface area contributed by atoms with Gasteiger partial charge in [-0.1, -0.05) is 12.1 Å². The van der Waals surface area contributed by atoms with E-state index in [0.717, 1.165) is 28.9 Å². The maximum atomic E-state index is 13.9. The fraction of sp³-hybridized carbons (Fsp3) is 0.414. The Morgan fingerprint density at radius 3 is 2.74 bits per heavy atom. The number of amides is 1. The summed E-state index contributed by atoms with van der Waals surface area (Å²) in [5.74, 6) is -0.684. The van der Waals surface area contributed by atoms with Gasteiger partial charge in [-0.05, 0) is 70.7 Å². The lowest BCUT2D eigenvalue weighted by Crippen LogP contribution is -2.43. The van der Waals surface area contributed by atoms with Crippen LogP contribution in [0.15, 0.2) is 34.4 Å². The van der Waals surface area contributed by atoms with Gasteiger partial charge in [-0.2, -0.15) is 5.10 Å². The van der Waals surface area contributed by atoms with Gasteiger partial charge in [0.15, 0.2) is 4.96 Å². The number of ether oxygens (including phenoxy) is 1. The second kappa shape index (κ2) is 10.8. The van der Waals surface area contributed by atoms with Crippen molar-refractivity contribution in [2.75, 3.05) is 19.7 Å². The summed E-state index contributed by atoms with van der Waals surface area (Å²) in [5.41, 5.74) is 6.08. The molecule has 1 aromatic carbocycles. The van der Waals surface area contributed by atoms with Crippen LogP contribution in [0.25, 0.3) is 21.9 Å². The number of likely N-dealkylation sites (tertiary alicyclic amines) is 1. The zero-order valence-electron chi connectivity index (χ0n) is 23.0. The van der Waals surface area contributed by atoms with Gasteiger partial charge < -0.3 is 9.64 Å². The molecule has 0 bridgehead atoms. The SMILES string of the molecule is CCOC(=O)[C@H]1CCCN(C(=O)Cc2csc3nc(C)c(-c4cc(C)n(-c5cccc(C)c5C)n4)c(=O)n23)C1. The van der Waals surface area contributed by atoms with Crippen molar-refractivity contribution in [3.63, 3.8) is 0 Å². The number of aryl methyl sites for hydroxylation is 3. The number of rotatable bonds is 6. The molecule has 1 fully saturated rings. The molecule has 1 amide bonds. The van der Waals surface area contributed by atoms with Crippen LogP contribution in [-0.2, 0) is 20.7 Å². The zero-order valence-corrected chi connectivity index (χ0v) is 23.8. The number of hydrogen-bond acceptors (Lipinski definition) is 7. The minimum atomic E-state index is -0.309. The average molecular weight is 548 g/mol. The molecule has 204 valence electrons. The van der Waals surface area contributed by atoms with Gasteiger partial charge in [-0.25, -0.2) is 9.67 Å². The Balaban J connectivity index is 1.47. The van der Waals surface area contributed by atoms with Gasteiger partial charge in [-0.3, -0.25) is 18.8 Å². The van der Waals surface area contributed by atoms with Gasteiger partial charge in [0.05, 0.1) is 35.9 Å². The third-order valence-corrected chi connectivity index (χ3v) is 8.37. The van der Waals surface area contributed by atoms with Crippen molar-refractivity contribution in [2.45, 2.75) is 53.9 Å². The Kier molecular flexibility index (Phi) is 7.40. The normalized spacial score (nSPS) is 15.6. The molecule has 5 rings (SSSR count). The van der Waals surface area contributed by atoms with Crippen molar-refractivity contribution in [3.05, 3.63) is 68.2 Å². The Labute approximate surface area is 231 Å². The number of benzene rings is 1. The lowest BCUT2D eigenvalue weighted by molar-refractivity contribution is -0.151. The molecule has 1 aliphatic heterocycles. The maximum absolute atomic E-state index is 13.9. The van der Waals surface area contributed by atoms with E-state index in [4.69, 9.17) is 14.8 Å². The summed E-state index contributed by atoms with van der Waals surface area (Å²) in [4.78, 5) is 46.3. The number of fused-ring (bicyclic) bond motifs is 1. The number of aromatic nitrogens is 4. The molecule has 1 atom stereocenters. The quantitative estimate of drug-likeness (QED) is 0.336. The van der Waals surface area contributed by atoms with Crippen molar-refractivity contribution in [2.24, 2.45) is 5.92 Å². The predicted molar refractivity (Wildman–Crippen MR) is 150 cm³/mol. The van der Waals surface area contributed by atoms with Crippen molar-refractivity contribution in [1.29, 1.82) is 0 Å². The number of hydrogen-bond donors (Lipinski definition) is 0. The Morgan fingerprint density at radius 1 is 1.18 bits per heavy atom. The largest absolute Gasteiger partial charge is 0.466 e. The fourth-order valence-corrected chi connectivity index (χ4v) is 6.18. The molecule has 1 aliphatic rings. The number of nitrogens with zero attached hydrogens (tertiary/aromatic N) is 5. The first kappa shape index (κ1) is 26.8. The number of esters is 1. The second-order valence-electron chi connectivity index (χ2n) is 10.1. The lowest BCUT2D eigenvalue weighted by Gasteiger charge is -2.31. The Morgan fingerprint density at radius 2 is 1.97 bits per heavy atom. The summed E-state index contributed by atoms with van der Waals surface area (Å²) in [6, 6.07) is 7.98. The summed E-state index contributed by atoms with van der Waals surface area (Å²) in [6.45, 7) is 10.9. The first-order valence-corrected chi connectivity index (χ1v) is 14.1. The minimum absolute atomic E-state index is 0.0512. The minimum Gasteiger partial charge on any atom is -0.466 e. The topological polar surface area (TPSA) is 98.8 Å². The fourth-order valence-electron chi connectivity index (χ4n) is 5.25. The van der Waals surface area contributed by atoms with Crippen molar-refractivity contribution >= 4 is 28.2 Å². The van der Waals surface area contributed by atoms with Crippen LogP contribution < -0.4 is 5.56 Å². The van der Waals surface area contributed by atoms with Crippen LogP contribution in [0.2, 0.25) is 0 Å². The van der Waals surface area contributed by atoms with Crippen molar-refractivity contribution < 1.29 is 14.3 Å². The van der Waals surface area contributed by atoms with Crippen molar-refractivity contribution in [1.82, 2.24) is 24.1 Å². The van der Waals surface area contributed by atoms with Gasteiger partial charge in [0.2, 0.25) is 5.91 Å². The van der Waals surface area contributed by atoms with E-state index in [9.17, 15) is 14.4 Å². The highest BCUT2D eigenvalue weighted by atomic mass is 32.1. The number of thiazole rings is 1. The molecular formula is C29H33N5O4S. The van der Waals surface area contributed by atoms with E-state index in [-0.39, 0.29) is 29.8 Å². The van der Waals surface area contributed by atoms with Gasteiger partial charge in [0, 0.05) is 29.9 Å². The molecule has 0 radical (unpaired) electrons. The standard InChI is InChI=1S/C29H33N5O4S/c1-6-38-28(37)21-10-8-12-32(15-21)25(35)14-22-16-39-29-30-20(5)26(27(36)33(22)29)23-13-18(3)34(31-23)24-11-7-9-17(2)19(24)4/h7,9,11,13,16,21H,6,8,10,12,14-15H2,1-5H3/t21-/m0/s1. The zero-order chi connectivity index (χ0) is 27.8. The van der Waals surface area contributed by atoms with E-state index >= 15 is 0 Å². The lowest BCUT2D eigenvalue weighted by atomic mass is 9.98. The molecular weight excluding hydrogens is 514 g/mol. The molecule has 4 aromatic rings. The highest BCUT2D eigenvalue weighted by molar-refractivity contribution is 7.15. The molecule has 9 nitrogen and oxygen atoms in total. The summed E-state index contributed by atoms with van der Waals surface area (Å²) in [5, 5.41) is 6.63. The first-order chi connectivity index (χ1) is 18.7. The highest BCUT2D eigenvalue weighted by Crippen LogP contribution is 2.26. The first-order valence-electron chi connectivity index (χ1n) is 13.3. The van der Waals surface area contributed by atoms with E-state index in [0.29, 0.717) is 53.7 Å². The van der Waals surface area contributed by atoms with Crippen LogP contribution in [0.4, 0.5) is 0 Å². The number of piperidine rings is 1. The highest BCUT2D eigenvalue weighted by Gasteiger charge is 2.30. The van der Waals surface area contributed by atoms with E-state index < -0.39 is 0 Å². The number of carbonyl (C=O) groups excluding carboxylic acids is 2. The maximum Gasteiger partial charge on any atom is 0.310 e. The molecule has 0 saturated carbocycles. The van der Waals surface area contributed by atoms with Gasteiger partial charge in [-0.15, -0.1) is 11.3 Å². The Bertz CT molecular complexity index is 1630. The Hall–Kier alpha value is -3.79. The summed E-state index contributed by atoms with van der Waals surface area (Å²) in [6.07, 6.45) is 1.51. The van der Waals surface area contributed by atoms with E-state index in [1.165, 1.54) is 15.7 Å². The molecule has 0 unspecified atom stereocenters. The third-order valence-electron chi connectivity index (χ3n) is 7.50. The molecule has 39 heavy (non-hydrogen) atoms.